The molecule has 0 atom stereocenters. The van der Waals surface area contributed by atoms with Crippen LogP contribution in [0.25, 0.3) is 0 Å². The Labute approximate surface area is 123 Å². The normalized spacial score (nSPS) is 11.2. The number of carbonyl (C=O) groups is 1. The van der Waals surface area contributed by atoms with Gasteiger partial charge in [0.1, 0.15) is 0 Å². The molecule has 0 fully saturated rings. The molecule has 0 heterocycles. The lowest BCUT2D eigenvalue weighted by Crippen LogP contribution is -2.38. The van der Waals surface area contributed by atoms with E-state index in [-0.39, 0.29) is 25.6 Å². The van der Waals surface area contributed by atoms with Gasteiger partial charge in [-0.2, -0.15) is 0 Å². The second-order valence-corrected chi connectivity index (χ2v) is 5.17. The number of nitrogens with one attached hydrogen (secondary N) is 1. The number of nitrogens with zero attached hydrogens (tertiary/aromatic N) is 1. The first-order valence-electron chi connectivity index (χ1n) is 6.82. The van der Waals surface area contributed by atoms with E-state index in [9.17, 15) is 13.6 Å². The van der Waals surface area contributed by atoms with Gasteiger partial charge in [-0.05, 0) is 31.9 Å². The SMILES string of the molecule is Cc1cc(C)c(NC(=O)CN(CCO)CC(F)F)c(C)c1. The summed E-state index contributed by atoms with van der Waals surface area (Å²) in [6.07, 6.45) is -2.54. The largest absolute Gasteiger partial charge is 0.395 e. The average molecular weight is 300 g/mol. The van der Waals surface area contributed by atoms with Crippen molar-refractivity contribution in [2.24, 2.45) is 0 Å². The molecule has 0 aliphatic heterocycles. The van der Waals surface area contributed by atoms with Gasteiger partial charge in [0.05, 0.1) is 19.7 Å². The van der Waals surface area contributed by atoms with E-state index in [2.05, 4.69) is 5.32 Å². The van der Waals surface area contributed by atoms with Crippen molar-refractivity contribution in [1.82, 2.24) is 4.90 Å². The van der Waals surface area contributed by atoms with Gasteiger partial charge in [0.2, 0.25) is 5.91 Å². The molecule has 2 N–H and O–H groups in total. The van der Waals surface area contributed by atoms with Gasteiger partial charge >= 0.3 is 0 Å². The van der Waals surface area contributed by atoms with Crippen molar-refractivity contribution in [3.05, 3.63) is 28.8 Å². The Bertz CT molecular complexity index is 470. The number of hydrogen-bond acceptors (Lipinski definition) is 3. The monoisotopic (exact) mass is 300 g/mol. The van der Waals surface area contributed by atoms with Crippen LogP contribution in [-0.4, -0.2) is 48.6 Å². The van der Waals surface area contributed by atoms with Crippen molar-refractivity contribution in [3.63, 3.8) is 0 Å². The summed E-state index contributed by atoms with van der Waals surface area (Å²) >= 11 is 0. The molecule has 1 aromatic carbocycles. The molecule has 0 saturated heterocycles. The fraction of sp³-hybridized carbons (Fsp3) is 0.533. The highest BCUT2D eigenvalue weighted by Crippen LogP contribution is 2.21. The fourth-order valence-corrected chi connectivity index (χ4v) is 2.33. The van der Waals surface area contributed by atoms with E-state index in [0.29, 0.717) is 5.69 Å². The third-order valence-electron chi connectivity index (χ3n) is 3.12. The maximum atomic E-state index is 12.4. The number of hydrogen-bond donors (Lipinski definition) is 2. The van der Waals surface area contributed by atoms with Crippen molar-refractivity contribution in [1.29, 1.82) is 0 Å². The van der Waals surface area contributed by atoms with Crippen LogP contribution in [0.1, 0.15) is 16.7 Å². The second-order valence-electron chi connectivity index (χ2n) is 5.17. The number of aliphatic hydroxyl groups excluding tert-OH is 1. The highest BCUT2D eigenvalue weighted by molar-refractivity contribution is 5.93. The van der Waals surface area contributed by atoms with E-state index >= 15 is 0 Å². The molecule has 1 aromatic rings. The zero-order chi connectivity index (χ0) is 16.0. The highest BCUT2D eigenvalue weighted by atomic mass is 19.3. The molecule has 6 heteroatoms. The van der Waals surface area contributed by atoms with Crippen molar-refractivity contribution in [2.45, 2.75) is 27.2 Å². The summed E-state index contributed by atoms with van der Waals surface area (Å²) < 4.78 is 24.8. The first-order valence-corrected chi connectivity index (χ1v) is 6.82. The third-order valence-corrected chi connectivity index (χ3v) is 3.12. The summed E-state index contributed by atoms with van der Waals surface area (Å²) in [6.45, 7) is 4.83. The van der Waals surface area contributed by atoms with Crippen molar-refractivity contribution < 1.29 is 18.7 Å². The van der Waals surface area contributed by atoms with Crippen LogP contribution in [0.2, 0.25) is 0 Å². The smallest absolute Gasteiger partial charge is 0.251 e. The van der Waals surface area contributed by atoms with E-state index in [0.717, 1.165) is 16.7 Å². The zero-order valence-corrected chi connectivity index (χ0v) is 12.6. The molecule has 0 aliphatic carbocycles. The van der Waals surface area contributed by atoms with E-state index in [4.69, 9.17) is 5.11 Å². The maximum Gasteiger partial charge on any atom is 0.251 e. The predicted octanol–water partition coefficient (Wildman–Crippen LogP) is 2.11. The number of rotatable bonds is 7. The number of benzene rings is 1. The lowest BCUT2D eigenvalue weighted by Gasteiger charge is -2.21. The minimum atomic E-state index is -2.54. The van der Waals surface area contributed by atoms with Crippen LogP contribution < -0.4 is 5.32 Å². The Morgan fingerprint density at radius 1 is 1.29 bits per heavy atom. The van der Waals surface area contributed by atoms with Crippen LogP contribution >= 0.6 is 0 Å². The minimum absolute atomic E-state index is 0.0453. The third kappa shape index (κ3) is 5.77. The van der Waals surface area contributed by atoms with Crippen molar-refractivity contribution in [3.8, 4) is 0 Å². The van der Waals surface area contributed by atoms with Gasteiger partial charge in [-0.3, -0.25) is 9.69 Å². The number of aryl methyl sites for hydroxylation is 3. The molecule has 21 heavy (non-hydrogen) atoms. The molecule has 0 spiro atoms. The average Bonchev–Trinajstić information content (AvgIpc) is 2.33. The second kappa shape index (κ2) is 8.05. The van der Waals surface area contributed by atoms with E-state index < -0.39 is 13.0 Å². The Morgan fingerprint density at radius 2 is 1.86 bits per heavy atom. The number of anilines is 1. The lowest BCUT2D eigenvalue weighted by molar-refractivity contribution is -0.117. The van der Waals surface area contributed by atoms with Crippen LogP contribution in [0.3, 0.4) is 0 Å². The first-order chi connectivity index (χ1) is 9.83. The quantitative estimate of drug-likeness (QED) is 0.811. The molecule has 0 radical (unpaired) electrons. The van der Waals surface area contributed by atoms with Crippen LogP contribution in [-0.2, 0) is 4.79 Å². The van der Waals surface area contributed by atoms with Crippen LogP contribution in [0.15, 0.2) is 12.1 Å². The van der Waals surface area contributed by atoms with Crippen LogP contribution in [0, 0.1) is 20.8 Å². The fourth-order valence-electron chi connectivity index (χ4n) is 2.33. The minimum Gasteiger partial charge on any atom is -0.395 e. The molecule has 0 aliphatic rings. The van der Waals surface area contributed by atoms with Gasteiger partial charge in [0.15, 0.2) is 0 Å². The van der Waals surface area contributed by atoms with Crippen LogP contribution in [0.5, 0.6) is 0 Å². The number of carbonyl (C=O) groups excluding carboxylic acids is 1. The Kier molecular flexibility index (Phi) is 6.71. The Balaban J connectivity index is 2.72. The molecular formula is C15H22F2N2O2. The highest BCUT2D eigenvalue weighted by Gasteiger charge is 2.16. The zero-order valence-electron chi connectivity index (χ0n) is 12.6. The summed E-state index contributed by atoms with van der Waals surface area (Å²) in [5.41, 5.74) is 3.68. The van der Waals surface area contributed by atoms with E-state index in [1.165, 1.54) is 4.90 Å². The molecule has 0 unspecified atom stereocenters. The summed E-state index contributed by atoms with van der Waals surface area (Å²) in [4.78, 5) is 13.2. The molecular weight excluding hydrogens is 278 g/mol. The van der Waals surface area contributed by atoms with Gasteiger partial charge in [-0.15, -0.1) is 0 Å². The maximum absolute atomic E-state index is 12.4. The summed E-state index contributed by atoms with van der Waals surface area (Å²) in [7, 11) is 0. The van der Waals surface area contributed by atoms with E-state index in [1.807, 2.05) is 32.9 Å². The number of halogens is 2. The standard InChI is InChI=1S/C15H22F2N2O2/c1-10-6-11(2)15(12(3)7-10)18-14(21)9-19(4-5-20)8-13(16)17/h6-7,13,20H,4-5,8-9H2,1-3H3,(H,18,21). The Morgan fingerprint density at radius 3 is 2.33 bits per heavy atom. The lowest BCUT2D eigenvalue weighted by atomic mass is 10.1. The predicted molar refractivity (Wildman–Crippen MR) is 78.8 cm³/mol. The van der Waals surface area contributed by atoms with Crippen molar-refractivity contribution in [2.75, 3.05) is 31.6 Å². The number of aliphatic hydroxyl groups is 1. The molecule has 1 amide bonds. The molecule has 0 aromatic heterocycles. The van der Waals surface area contributed by atoms with Gasteiger partial charge in [-0.1, -0.05) is 17.7 Å². The summed E-state index contributed by atoms with van der Waals surface area (Å²) in [5, 5.41) is 11.6. The van der Waals surface area contributed by atoms with Gasteiger partial charge in [0, 0.05) is 12.2 Å². The van der Waals surface area contributed by atoms with Gasteiger partial charge in [-0.25, -0.2) is 8.78 Å². The molecule has 4 nitrogen and oxygen atoms in total. The topological polar surface area (TPSA) is 52.6 Å². The Hall–Kier alpha value is -1.53. The van der Waals surface area contributed by atoms with Crippen LogP contribution in [0.4, 0.5) is 14.5 Å². The molecule has 0 bridgehead atoms. The molecule has 1 rings (SSSR count). The molecule has 0 saturated carbocycles. The first kappa shape index (κ1) is 17.5. The van der Waals surface area contributed by atoms with E-state index in [1.54, 1.807) is 0 Å². The molecule has 118 valence electrons. The number of amides is 1. The van der Waals surface area contributed by atoms with Gasteiger partial charge < -0.3 is 10.4 Å². The summed E-state index contributed by atoms with van der Waals surface area (Å²) in [6, 6.07) is 3.90. The van der Waals surface area contributed by atoms with Gasteiger partial charge in [0.25, 0.3) is 6.43 Å². The summed E-state index contributed by atoms with van der Waals surface area (Å²) in [5.74, 6) is -0.362. The van der Waals surface area contributed by atoms with Crippen molar-refractivity contribution >= 4 is 11.6 Å². The number of alkyl halides is 2.